The summed E-state index contributed by atoms with van der Waals surface area (Å²) in [6.07, 6.45) is 0.340. The Hall–Kier alpha value is -0.630. The van der Waals surface area contributed by atoms with Crippen molar-refractivity contribution in [3.63, 3.8) is 0 Å². The Morgan fingerprint density at radius 2 is 2.00 bits per heavy atom. The Kier molecular flexibility index (Phi) is 5.07. The molecule has 0 aromatic heterocycles. The summed E-state index contributed by atoms with van der Waals surface area (Å²) in [5.74, 6) is 0. The second-order valence-electron chi connectivity index (χ2n) is 5.52. The van der Waals surface area contributed by atoms with Crippen molar-refractivity contribution in [2.75, 3.05) is 11.9 Å². The summed E-state index contributed by atoms with van der Waals surface area (Å²) in [4.78, 5) is 0. The lowest BCUT2D eigenvalue weighted by molar-refractivity contribution is 0.159. The first-order chi connectivity index (χ1) is 10.5. The molecule has 2 aromatic carbocycles. The predicted octanol–water partition coefficient (Wildman–Crippen LogP) is 4.52. The molecule has 1 fully saturated rings. The third-order valence-corrected chi connectivity index (χ3v) is 5.07. The number of hydrogen-bond donors (Lipinski definition) is 2. The van der Waals surface area contributed by atoms with Gasteiger partial charge in [0.2, 0.25) is 0 Å². The van der Waals surface area contributed by atoms with Crippen molar-refractivity contribution < 1.29 is 5.11 Å². The molecule has 0 spiro atoms. The first-order valence-corrected chi connectivity index (χ1v) is 9.09. The Bertz CT molecular complexity index is 692. The van der Waals surface area contributed by atoms with Crippen LogP contribution in [0.1, 0.15) is 23.6 Å². The highest BCUT2D eigenvalue weighted by Crippen LogP contribution is 2.35. The largest absolute Gasteiger partial charge is 0.391 e. The minimum Gasteiger partial charge on any atom is -0.391 e. The van der Waals surface area contributed by atoms with E-state index in [1.165, 1.54) is 9.13 Å². The van der Waals surface area contributed by atoms with Gasteiger partial charge in [-0.2, -0.15) is 0 Å². The van der Waals surface area contributed by atoms with Crippen molar-refractivity contribution in [1.29, 1.82) is 0 Å². The molecule has 1 heterocycles. The lowest BCUT2D eigenvalue weighted by Gasteiger charge is -2.20. The van der Waals surface area contributed by atoms with Gasteiger partial charge in [-0.25, -0.2) is 5.32 Å². The monoisotopic (exact) mass is 471 g/mol. The summed E-state index contributed by atoms with van der Waals surface area (Å²) in [7, 11) is 0. The normalized spacial score (nSPS) is 21.1. The van der Waals surface area contributed by atoms with E-state index in [0.29, 0.717) is 0 Å². The van der Waals surface area contributed by atoms with E-state index in [1.807, 2.05) is 18.2 Å². The number of hydrogen-bond acceptors (Lipinski definition) is 2. The minimum atomic E-state index is -0.396. The molecule has 3 nitrogen and oxygen atoms in total. The van der Waals surface area contributed by atoms with E-state index in [2.05, 4.69) is 74.3 Å². The molecule has 2 atom stereocenters. The Morgan fingerprint density at radius 1 is 1.23 bits per heavy atom. The molecule has 2 N–H and O–H groups in total. The van der Waals surface area contributed by atoms with Crippen molar-refractivity contribution in [2.45, 2.75) is 25.5 Å². The fourth-order valence-electron chi connectivity index (χ4n) is 2.74. The van der Waals surface area contributed by atoms with Crippen LogP contribution in [0.4, 0.5) is 11.4 Å². The highest BCUT2D eigenvalue weighted by Gasteiger charge is 2.29. The fourth-order valence-corrected chi connectivity index (χ4v) is 3.76. The van der Waals surface area contributed by atoms with E-state index in [9.17, 15) is 5.11 Å². The van der Waals surface area contributed by atoms with Gasteiger partial charge in [0.05, 0.1) is 12.1 Å². The van der Waals surface area contributed by atoms with E-state index >= 15 is 0 Å². The number of rotatable bonds is 3. The van der Waals surface area contributed by atoms with E-state index in [-0.39, 0.29) is 6.04 Å². The third-order valence-electron chi connectivity index (χ3n) is 3.91. The summed E-state index contributed by atoms with van der Waals surface area (Å²) in [6.45, 7) is 2.82. The molecule has 1 aliphatic heterocycles. The molecule has 2 aromatic rings. The Balaban J connectivity index is 1.96. The number of benzene rings is 2. The van der Waals surface area contributed by atoms with Gasteiger partial charge >= 0.3 is 0 Å². The van der Waals surface area contributed by atoms with Gasteiger partial charge < -0.3 is 10.4 Å². The third kappa shape index (κ3) is 3.48. The molecule has 0 saturated carbocycles. The van der Waals surface area contributed by atoms with Gasteiger partial charge in [-0.3, -0.25) is 0 Å². The molecule has 0 amide bonds. The molecule has 115 valence electrons. The van der Waals surface area contributed by atoms with E-state index < -0.39 is 6.10 Å². The van der Waals surface area contributed by atoms with E-state index in [1.54, 1.807) is 0 Å². The molecule has 0 bridgehead atoms. The summed E-state index contributed by atoms with van der Waals surface area (Å²) in [6, 6.07) is 12.3. The van der Waals surface area contributed by atoms with Crippen molar-refractivity contribution in [3.05, 3.63) is 55.6 Å². The van der Waals surface area contributed by atoms with Crippen LogP contribution in [-0.2, 0) is 0 Å². The Morgan fingerprint density at radius 3 is 2.68 bits per heavy atom. The maximum atomic E-state index is 10.2. The van der Waals surface area contributed by atoms with Crippen LogP contribution in [0.25, 0.3) is 0 Å². The number of halogens is 2. The molecule has 3 rings (SSSR count). The average molecular weight is 472 g/mol. The summed E-state index contributed by atoms with van der Waals surface area (Å²) in [5.41, 5.74) is 4.32. The molecule has 2 unspecified atom stereocenters. The maximum Gasteiger partial charge on any atom is 0.0775 e. The molecule has 1 aliphatic rings. The topological polar surface area (TPSA) is 46.4 Å². The van der Waals surface area contributed by atoms with E-state index in [0.717, 1.165) is 34.4 Å². The van der Waals surface area contributed by atoms with Gasteiger partial charge in [0.25, 0.3) is 0 Å². The molecular formula is C17H17BrIN2O. The molecular weight excluding hydrogens is 455 g/mol. The number of aryl methyl sites for hydroxylation is 1. The standard InChI is InChI=1S/C17H17BrIN2O/c1-10-8-12(19)3-5-14(10)21-15-4-2-11(18)9-13(15)17-16(22)6-7-20-17/h2-5,8-9,16-17,21-22H,6-7H2,1H3. The first-order valence-electron chi connectivity index (χ1n) is 7.22. The van der Waals surface area contributed by atoms with Gasteiger partial charge in [0.1, 0.15) is 0 Å². The maximum absolute atomic E-state index is 10.2. The second kappa shape index (κ2) is 6.86. The van der Waals surface area contributed by atoms with Crippen molar-refractivity contribution in [2.24, 2.45) is 0 Å². The van der Waals surface area contributed by atoms with Gasteiger partial charge in [-0.05, 0) is 83.5 Å². The summed E-state index contributed by atoms with van der Waals surface area (Å²) in [5, 5.41) is 18.2. The zero-order valence-electron chi connectivity index (χ0n) is 12.2. The quantitative estimate of drug-likeness (QED) is 0.646. The molecule has 22 heavy (non-hydrogen) atoms. The van der Waals surface area contributed by atoms with Crippen LogP contribution >= 0.6 is 38.5 Å². The highest BCUT2D eigenvalue weighted by atomic mass is 127. The van der Waals surface area contributed by atoms with Crippen molar-refractivity contribution >= 4 is 49.9 Å². The highest BCUT2D eigenvalue weighted by molar-refractivity contribution is 14.1. The number of aliphatic hydroxyl groups excluding tert-OH is 1. The number of aliphatic hydroxyl groups is 1. The fraction of sp³-hybridized carbons (Fsp3) is 0.294. The van der Waals surface area contributed by atoms with Crippen LogP contribution in [0, 0.1) is 10.5 Å². The molecule has 1 saturated heterocycles. The number of nitrogens with one attached hydrogen (secondary N) is 1. The van der Waals surface area contributed by atoms with E-state index in [4.69, 9.17) is 0 Å². The lowest BCUT2D eigenvalue weighted by atomic mass is 10.0. The SMILES string of the molecule is Cc1cc(I)ccc1Nc1ccc(Br)cc1C1[N]CCC1O. The predicted molar refractivity (Wildman–Crippen MR) is 102 cm³/mol. The number of nitrogens with zero attached hydrogens (tertiary/aromatic N) is 1. The van der Waals surface area contributed by atoms with Crippen LogP contribution in [-0.4, -0.2) is 17.8 Å². The zero-order chi connectivity index (χ0) is 15.7. The van der Waals surface area contributed by atoms with Crippen LogP contribution in [0.15, 0.2) is 40.9 Å². The lowest BCUT2D eigenvalue weighted by Crippen LogP contribution is -2.17. The van der Waals surface area contributed by atoms with Crippen LogP contribution in [0.5, 0.6) is 0 Å². The zero-order valence-corrected chi connectivity index (χ0v) is 15.9. The number of anilines is 2. The average Bonchev–Trinajstić information content (AvgIpc) is 2.89. The molecule has 1 radical (unpaired) electrons. The second-order valence-corrected chi connectivity index (χ2v) is 7.68. The van der Waals surface area contributed by atoms with Gasteiger partial charge in [0.15, 0.2) is 0 Å². The smallest absolute Gasteiger partial charge is 0.0775 e. The van der Waals surface area contributed by atoms with Crippen molar-refractivity contribution in [3.8, 4) is 0 Å². The van der Waals surface area contributed by atoms with Gasteiger partial charge in [-0.15, -0.1) is 0 Å². The summed E-state index contributed by atoms with van der Waals surface area (Å²) >= 11 is 5.84. The Labute approximate surface area is 152 Å². The first kappa shape index (κ1) is 16.2. The summed E-state index contributed by atoms with van der Waals surface area (Å²) < 4.78 is 2.22. The molecule has 5 heteroatoms. The van der Waals surface area contributed by atoms with Crippen molar-refractivity contribution in [1.82, 2.24) is 5.32 Å². The van der Waals surface area contributed by atoms with Crippen LogP contribution in [0.2, 0.25) is 0 Å². The molecule has 0 aliphatic carbocycles. The minimum absolute atomic E-state index is 0.149. The van der Waals surface area contributed by atoms with Gasteiger partial charge in [0, 0.05) is 26.0 Å². The van der Waals surface area contributed by atoms with Crippen LogP contribution in [0.3, 0.4) is 0 Å². The van der Waals surface area contributed by atoms with Crippen LogP contribution < -0.4 is 10.6 Å². The van der Waals surface area contributed by atoms with Gasteiger partial charge in [-0.1, -0.05) is 15.9 Å².